The molecule has 1 heterocycles. The zero-order valence-corrected chi connectivity index (χ0v) is 18.3. The molecule has 174 valence electrons. The lowest BCUT2D eigenvalue weighted by Crippen LogP contribution is -2.53. The second kappa shape index (κ2) is 13.3. The van der Waals surface area contributed by atoms with Crippen molar-refractivity contribution < 1.29 is 18.8 Å². The number of hydrogen-bond donors (Lipinski definition) is 3. The van der Waals surface area contributed by atoms with Crippen LogP contribution in [-0.4, -0.2) is 45.5 Å². The van der Waals surface area contributed by atoms with Crippen LogP contribution in [0.5, 0.6) is 0 Å². The number of rotatable bonds is 11. The van der Waals surface area contributed by atoms with Gasteiger partial charge < -0.3 is 5.32 Å². The van der Waals surface area contributed by atoms with E-state index in [2.05, 4.69) is 10.7 Å². The first-order valence-corrected chi connectivity index (χ1v) is 10.7. The van der Waals surface area contributed by atoms with Crippen molar-refractivity contribution in [1.29, 1.82) is 0 Å². The number of aromatic amines is 1. The zero-order chi connectivity index (χ0) is 23.4. The summed E-state index contributed by atoms with van der Waals surface area (Å²) < 4.78 is 13.9. The molecule has 0 aliphatic rings. The quantitative estimate of drug-likeness (QED) is 0.353. The molecular formula is C20H32FN5O5. The highest BCUT2D eigenvalue weighted by Crippen LogP contribution is 2.13. The monoisotopic (exact) mass is 441 g/mol. The summed E-state index contributed by atoms with van der Waals surface area (Å²) in [5.74, 6) is -2.39. The fourth-order valence-corrected chi connectivity index (χ4v) is 3.04. The van der Waals surface area contributed by atoms with E-state index in [0.29, 0.717) is 30.0 Å². The summed E-state index contributed by atoms with van der Waals surface area (Å²) in [6, 6.07) is -1.02. The van der Waals surface area contributed by atoms with Crippen molar-refractivity contribution >= 4 is 17.8 Å². The highest BCUT2D eigenvalue weighted by Gasteiger charge is 2.22. The van der Waals surface area contributed by atoms with Gasteiger partial charge in [0.25, 0.3) is 11.5 Å². The van der Waals surface area contributed by atoms with E-state index < -0.39 is 29.0 Å². The molecular weight excluding hydrogens is 409 g/mol. The number of carbonyl (C=O) groups is 3. The molecule has 0 radical (unpaired) electrons. The molecule has 1 rings (SSSR count). The van der Waals surface area contributed by atoms with E-state index in [-0.39, 0.29) is 24.9 Å². The van der Waals surface area contributed by atoms with E-state index >= 15 is 0 Å². The van der Waals surface area contributed by atoms with Gasteiger partial charge in [-0.3, -0.25) is 24.8 Å². The van der Waals surface area contributed by atoms with E-state index in [1.54, 1.807) is 4.98 Å². The Morgan fingerprint density at radius 3 is 2.32 bits per heavy atom. The highest BCUT2D eigenvalue weighted by molar-refractivity contribution is 5.87. The maximum Gasteiger partial charge on any atom is 0.351 e. The van der Waals surface area contributed by atoms with Crippen LogP contribution in [0.4, 0.5) is 9.18 Å². The highest BCUT2D eigenvalue weighted by atomic mass is 19.1. The van der Waals surface area contributed by atoms with Crippen molar-refractivity contribution in [2.75, 3.05) is 13.1 Å². The first-order chi connectivity index (χ1) is 14.7. The van der Waals surface area contributed by atoms with Gasteiger partial charge in [0.15, 0.2) is 0 Å². The predicted molar refractivity (Wildman–Crippen MR) is 113 cm³/mol. The Balaban J connectivity index is 2.87. The van der Waals surface area contributed by atoms with Gasteiger partial charge in [0.05, 0.1) is 12.7 Å². The lowest BCUT2D eigenvalue weighted by molar-refractivity contribution is -0.130. The van der Waals surface area contributed by atoms with Gasteiger partial charge in [-0.25, -0.2) is 19.2 Å². The van der Waals surface area contributed by atoms with Crippen molar-refractivity contribution in [3.05, 3.63) is 32.9 Å². The lowest BCUT2D eigenvalue weighted by Gasteiger charge is -2.24. The number of halogens is 1. The van der Waals surface area contributed by atoms with Crippen molar-refractivity contribution in [2.24, 2.45) is 5.92 Å². The van der Waals surface area contributed by atoms with Crippen LogP contribution < -0.4 is 22.0 Å². The number of hydrazine groups is 1. The second-order valence-electron chi connectivity index (χ2n) is 7.27. The molecule has 0 bridgehead atoms. The van der Waals surface area contributed by atoms with Crippen LogP contribution in [0.15, 0.2) is 15.8 Å². The predicted octanol–water partition coefficient (Wildman–Crippen LogP) is 1.50. The van der Waals surface area contributed by atoms with Crippen molar-refractivity contribution in [3.63, 3.8) is 0 Å². The Kier molecular flexibility index (Phi) is 11.2. The normalized spacial score (nSPS) is 10.7. The number of nitrogens with zero attached hydrogens (tertiary/aromatic N) is 2. The van der Waals surface area contributed by atoms with E-state index in [1.807, 2.05) is 20.8 Å². The van der Waals surface area contributed by atoms with Crippen molar-refractivity contribution in [1.82, 2.24) is 25.3 Å². The molecule has 1 aromatic rings. The number of amides is 3. The minimum absolute atomic E-state index is 0.0633. The van der Waals surface area contributed by atoms with Crippen molar-refractivity contribution in [2.45, 2.75) is 65.7 Å². The molecule has 1 aromatic heterocycles. The summed E-state index contributed by atoms with van der Waals surface area (Å²) in [6.07, 6.45) is 5.70. The third kappa shape index (κ3) is 8.35. The van der Waals surface area contributed by atoms with E-state index in [9.17, 15) is 28.4 Å². The Morgan fingerprint density at radius 2 is 1.74 bits per heavy atom. The third-order valence-corrected chi connectivity index (χ3v) is 4.65. The molecule has 0 saturated heterocycles. The summed E-state index contributed by atoms with van der Waals surface area (Å²) in [7, 11) is 0. The minimum atomic E-state index is -1.31. The van der Waals surface area contributed by atoms with E-state index in [1.165, 1.54) is 0 Å². The number of nitrogens with one attached hydrogen (secondary N) is 3. The standard InChI is InChI=1S/C20H32FN5O5/c1-4-7-8-11-26(20(31)25-13-15(21)18(29)23-19(25)30)24-16(27)12-22-17(28)14(9-5-2)10-6-3/h13-14H,4-12H2,1-3H3,(H,22,28)(H,24,27)(H,23,29,30). The Labute approximate surface area is 180 Å². The van der Waals surface area contributed by atoms with Crippen LogP contribution in [0.2, 0.25) is 0 Å². The van der Waals surface area contributed by atoms with Crippen LogP contribution in [0.3, 0.4) is 0 Å². The Hall–Kier alpha value is -2.98. The first kappa shape index (κ1) is 26.1. The molecule has 11 heteroatoms. The van der Waals surface area contributed by atoms with Crippen LogP contribution >= 0.6 is 0 Å². The third-order valence-electron chi connectivity index (χ3n) is 4.65. The topological polar surface area (TPSA) is 133 Å². The zero-order valence-electron chi connectivity index (χ0n) is 18.3. The summed E-state index contributed by atoms with van der Waals surface area (Å²) in [4.78, 5) is 62.1. The number of H-pyrrole nitrogens is 1. The molecule has 0 unspecified atom stereocenters. The number of aromatic nitrogens is 2. The van der Waals surface area contributed by atoms with Gasteiger partial charge in [0, 0.05) is 12.5 Å². The largest absolute Gasteiger partial charge is 0.351 e. The molecule has 0 aliphatic carbocycles. The van der Waals surface area contributed by atoms with E-state index in [0.717, 1.165) is 30.7 Å². The second-order valence-corrected chi connectivity index (χ2v) is 7.27. The average Bonchev–Trinajstić information content (AvgIpc) is 2.73. The molecule has 0 atom stereocenters. The van der Waals surface area contributed by atoms with Crippen LogP contribution in [0.25, 0.3) is 0 Å². The van der Waals surface area contributed by atoms with Crippen LogP contribution in [0, 0.1) is 11.7 Å². The summed E-state index contributed by atoms with van der Waals surface area (Å²) >= 11 is 0. The van der Waals surface area contributed by atoms with E-state index in [4.69, 9.17) is 0 Å². The fraction of sp³-hybridized carbons (Fsp3) is 0.650. The average molecular weight is 442 g/mol. The number of unbranched alkanes of at least 4 members (excludes halogenated alkanes) is 2. The molecule has 3 amide bonds. The molecule has 31 heavy (non-hydrogen) atoms. The maximum atomic E-state index is 13.6. The van der Waals surface area contributed by atoms with Gasteiger partial charge in [-0.05, 0) is 19.3 Å². The summed E-state index contributed by atoms with van der Waals surface area (Å²) in [6.45, 7) is 5.61. The molecule has 0 fully saturated rings. The first-order valence-electron chi connectivity index (χ1n) is 10.7. The van der Waals surface area contributed by atoms with Gasteiger partial charge in [0.1, 0.15) is 0 Å². The van der Waals surface area contributed by atoms with Crippen LogP contribution in [-0.2, 0) is 9.59 Å². The molecule has 0 saturated carbocycles. The van der Waals surface area contributed by atoms with Crippen molar-refractivity contribution in [3.8, 4) is 0 Å². The molecule has 10 nitrogen and oxygen atoms in total. The SMILES string of the molecule is CCCCCN(NC(=O)CNC(=O)C(CCC)CCC)C(=O)n1cc(F)c(=O)[nH]c1=O. The number of hydrogen-bond acceptors (Lipinski definition) is 5. The van der Waals surface area contributed by atoms with Gasteiger partial charge in [-0.1, -0.05) is 46.5 Å². The van der Waals surface area contributed by atoms with Gasteiger partial charge >= 0.3 is 11.7 Å². The van der Waals surface area contributed by atoms with Crippen LogP contribution in [0.1, 0.15) is 65.7 Å². The van der Waals surface area contributed by atoms with Gasteiger partial charge in [-0.15, -0.1) is 0 Å². The van der Waals surface area contributed by atoms with Gasteiger partial charge in [0.2, 0.25) is 11.7 Å². The minimum Gasteiger partial charge on any atom is -0.347 e. The molecule has 0 spiro atoms. The Bertz CT molecular complexity index is 860. The molecule has 3 N–H and O–H groups in total. The fourth-order valence-electron chi connectivity index (χ4n) is 3.04. The Morgan fingerprint density at radius 1 is 1.10 bits per heavy atom. The summed E-state index contributed by atoms with van der Waals surface area (Å²) in [5, 5.41) is 3.44. The molecule has 0 aliphatic heterocycles. The maximum absolute atomic E-state index is 13.6. The lowest BCUT2D eigenvalue weighted by atomic mass is 9.97. The van der Waals surface area contributed by atoms with Gasteiger partial charge in [-0.2, -0.15) is 4.39 Å². The number of carbonyl (C=O) groups excluding carboxylic acids is 3. The smallest absolute Gasteiger partial charge is 0.347 e. The molecule has 0 aromatic carbocycles. The summed E-state index contributed by atoms with van der Waals surface area (Å²) in [5.41, 5.74) is -0.0175.